The molecule has 132 valence electrons. The van der Waals surface area contributed by atoms with Crippen molar-refractivity contribution >= 4 is 27.6 Å². The summed E-state index contributed by atoms with van der Waals surface area (Å²) in [6.45, 7) is 1.58. The summed E-state index contributed by atoms with van der Waals surface area (Å²) < 4.78 is 16.3. The summed E-state index contributed by atoms with van der Waals surface area (Å²) in [5.41, 5.74) is 1.15. The molecule has 0 aliphatic rings. The second-order valence-corrected chi connectivity index (χ2v) is 5.99. The zero-order chi connectivity index (χ0) is 18.6. The summed E-state index contributed by atoms with van der Waals surface area (Å²) in [6, 6.07) is 7.61. The van der Waals surface area contributed by atoms with Crippen LogP contribution < -0.4 is 9.47 Å². The summed E-state index contributed by atoms with van der Waals surface area (Å²) in [7, 11) is 3.03. The van der Waals surface area contributed by atoms with Gasteiger partial charge in [0.1, 0.15) is 6.61 Å². The molecule has 0 unspecified atom stereocenters. The van der Waals surface area contributed by atoms with Crippen LogP contribution in [0.15, 0.2) is 34.8 Å². The van der Waals surface area contributed by atoms with Crippen molar-refractivity contribution in [2.45, 2.75) is 13.5 Å². The van der Waals surface area contributed by atoms with Gasteiger partial charge < -0.3 is 14.2 Å². The molecule has 2 aromatic carbocycles. The van der Waals surface area contributed by atoms with E-state index in [1.165, 1.54) is 32.4 Å². The van der Waals surface area contributed by atoms with Crippen LogP contribution in [0, 0.1) is 17.0 Å². The predicted molar refractivity (Wildman–Crippen MR) is 94.2 cm³/mol. The molecule has 0 radical (unpaired) electrons. The van der Waals surface area contributed by atoms with Crippen LogP contribution in [0.5, 0.6) is 11.5 Å². The third-order valence-corrected chi connectivity index (χ3v) is 4.29. The van der Waals surface area contributed by atoms with Gasteiger partial charge >= 0.3 is 5.97 Å². The van der Waals surface area contributed by atoms with E-state index in [9.17, 15) is 14.9 Å². The number of halogens is 1. The van der Waals surface area contributed by atoms with Gasteiger partial charge in [-0.15, -0.1) is 0 Å². The van der Waals surface area contributed by atoms with Crippen molar-refractivity contribution in [3.8, 4) is 11.5 Å². The number of ether oxygens (including phenoxy) is 3. The van der Waals surface area contributed by atoms with Gasteiger partial charge in [-0.05, 0) is 25.1 Å². The fourth-order valence-electron chi connectivity index (χ4n) is 2.17. The molecule has 0 aliphatic heterocycles. The quantitative estimate of drug-likeness (QED) is 0.406. The molecular weight excluding hydrogens is 394 g/mol. The second-order valence-electron chi connectivity index (χ2n) is 5.13. The number of aryl methyl sites for hydroxylation is 1. The standard InChI is InChI=1S/C17H16BrNO6/c1-10-4-5-11(6-14(10)19(21)22)17(20)25-9-12-7-15(23-2)16(24-3)8-13(12)18/h4-8H,9H2,1-3H3. The Hall–Kier alpha value is -2.61. The lowest BCUT2D eigenvalue weighted by Crippen LogP contribution is -2.07. The second kappa shape index (κ2) is 7.98. The number of hydrogen-bond acceptors (Lipinski definition) is 6. The summed E-state index contributed by atoms with van der Waals surface area (Å²) in [4.78, 5) is 22.6. The molecule has 0 fully saturated rings. The highest BCUT2D eigenvalue weighted by Crippen LogP contribution is 2.33. The molecule has 0 saturated carbocycles. The summed E-state index contributed by atoms with van der Waals surface area (Å²) in [5, 5.41) is 11.0. The Labute approximate surface area is 152 Å². The van der Waals surface area contributed by atoms with Crippen LogP contribution in [0.1, 0.15) is 21.5 Å². The molecule has 0 aromatic heterocycles. The molecule has 0 atom stereocenters. The van der Waals surface area contributed by atoms with Gasteiger partial charge in [-0.1, -0.05) is 22.0 Å². The maximum atomic E-state index is 12.2. The first-order chi connectivity index (χ1) is 11.9. The molecule has 0 spiro atoms. The first-order valence-corrected chi connectivity index (χ1v) is 7.99. The molecule has 0 amide bonds. The van der Waals surface area contributed by atoms with Gasteiger partial charge in [-0.2, -0.15) is 0 Å². The van der Waals surface area contributed by atoms with Crippen molar-refractivity contribution in [1.29, 1.82) is 0 Å². The van der Waals surface area contributed by atoms with E-state index >= 15 is 0 Å². The number of carbonyl (C=O) groups is 1. The highest BCUT2D eigenvalue weighted by atomic mass is 79.9. The Balaban J connectivity index is 2.18. The Morgan fingerprint density at radius 1 is 1.16 bits per heavy atom. The molecule has 0 aliphatic carbocycles. The molecular formula is C17H16BrNO6. The molecule has 25 heavy (non-hydrogen) atoms. The fraction of sp³-hybridized carbons (Fsp3) is 0.235. The number of nitro benzene ring substituents is 1. The Morgan fingerprint density at radius 3 is 2.40 bits per heavy atom. The molecule has 2 aromatic rings. The lowest BCUT2D eigenvalue weighted by atomic mass is 10.1. The van der Waals surface area contributed by atoms with E-state index in [1.54, 1.807) is 19.1 Å². The highest BCUT2D eigenvalue weighted by molar-refractivity contribution is 9.10. The van der Waals surface area contributed by atoms with Crippen LogP contribution in [-0.2, 0) is 11.3 Å². The van der Waals surface area contributed by atoms with E-state index in [2.05, 4.69) is 15.9 Å². The zero-order valence-electron chi connectivity index (χ0n) is 13.9. The number of carbonyl (C=O) groups excluding carboxylic acids is 1. The zero-order valence-corrected chi connectivity index (χ0v) is 15.5. The third kappa shape index (κ3) is 4.27. The first-order valence-electron chi connectivity index (χ1n) is 7.20. The van der Waals surface area contributed by atoms with E-state index in [0.717, 1.165) is 0 Å². The Bertz CT molecular complexity index is 821. The van der Waals surface area contributed by atoms with Gasteiger partial charge in [-0.25, -0.2) is 4.79 Å². The maximum absolute atomic E-state index is 12.2. The van der Waals surface area contributed by atoms with Crippen molar-refractivity contribution in [1.82, 2.24) is 0 Å². The minimum absolute atomic E-state index is 0.0263. The predicted octanol–water partition coefficient (Wildman–Crippen LogP) is 4.04. The van der Waals surface area contributed by atoms with Crippen LogP contribution in [0.25, 0.3) is 0 Å². The van der Waals surface area contributed by atoms with Gasteiger partial charge in [0.25, 0.3) is 5.69 Å². The minimum atomic E-state index is -0.648. The van der Waals surface area contributed by atoms with Crippen molar-refractivity contribution in [3.63, 3.8) is 0 Å². The van der Waals surface area contributed by atoms with Crippen LogP contribution in [0.3, 0.4) is 0 Å². The van der Waals surface area contributed by atoms with Gasteiger partial charge in [0.05, 0.1) is 24.7 Å². The van der Waals surface area contributed by atoms with Crippen LogP contribution in [0.4, 0.5) is 5.69 Å². The average molecular weight is 410 g/mol. The van der Waals surface area contributed by atoms with E-state index in [1.807, 2.05) is 0 Å². The molecule has 2 rings (SSSR count). The van der Waals surface area contributed by atoms with Gasteiger partial charge in [0.2, 0.25) is 0 Å². The fourth-order valence-corrected chi connectivity index (χ4v) is 2.60. The van der Waals surface area contributed by atoms with Gasteiger partial charge in [0.15, 0.2) is 11.5 Å². The normalized spacial score (nSPS) is 10.2. The number of rotatable bonds is 6. The number of esters is 1. The van der Waals surface area contributed by atoms with Crippen molar-refractivity contribution in [3.05, 3.63) is 61.6 Å². The number of hydrogen-bond donors (Lipinski definition) is 0. The third-order valence-electron chi connectivity index (χ3n) is 3.55. The van der Waals surface area contributed by atoms with E-state index in [-0.39, 0.29) is 17.9 Å². The molecule has 0 saturated heterocycles. The maximum Gasteiger partial charge on any atom is 0.338 e. The Kier molecular flexibility index (Phi) is 5.97. The number of nitrogens with zero attached hydrogens (tertiary/aromatic N) is 1. The summed E-state index contributed by atoms with van der Waals surface area (Å²) in [6.07, 6.45) is 0. The van der Waals surface area contributed by atoms with Crippen LogP contribution >= 0.6 is 15.9 Å². The highest BCUT2D eigenvalue weighted by Gasteiger charge is 2.17. The molecule has 7 nitrogen and oxygen atoms in total. The molecule has 8 heteroatoms. The topological polar surface area (TPSA) is 87.9 Å². The van der Waals surface area contributed by atoms with E-state index in [0.29, 0.717) is 27.1 Å². The molecule has 0 N–H and O–H groups in total. The molecule has 0 bridgehead atoms. The first kappa shape index (κ1) is 18.7. The monoisotopic (exact) mass is 409 g/mol. The smallest absolute Gasteiger partial charge is 0.338 e. The summed E-state index contributed by atoms with van der Waals surface area (Å²) in [5.74, 6) is 0.395. The van der Waals surface area contributed by atoms with Crippen molar-refractivity contribution in [2.24, 2.45) is 0 Å². The average Bonchev–Trinajstić information content (AvgIpc) is 2.60. The van der Waals surface area contributed by atoms with Crippen molar-refractivity contribution in [2.75, 3.05) is 14.2 Å². The van der Waals surface area contributed by atoms with Crippen LogP contribution in [-0.4, -0.2) is 25.1 Å². The van der Waals surface area contributed by atoms with E-state index < -0.39 is 10.9 Å². The number of methoxy groups -OCH3 is 2. The van der Waals surface area contributed by atoms with Crippen LogP contribution in [0.2, 0.25) is 0 Å². The number of benzene rings is 2. The summed E-state index contributed by atoms with van der Waals surface area (Å²) >= 11 is 3.38. The Morgan fingerprint density at radius 2 is 1.80 bits per heavy atom. The minimum Gasteiger partial charge on any atom is -0.493 e. The van der Waals surface area contributed by atoms with Gasteiger partial charge in [-0.3, -0.25) is 10.1 Å². The molecule has 0 heterocycles. The van der Waals surface area contributed by atoms with Gasteiger partial charge in [0, 0.05) is 21.7 Å². The van der Waals surface area contributed by atoms with E-state index in [4.69, 9.17) is 14.2 Å². The SMILES string of the molecule is COc1cc(Br)c(COC(=O)c2ccc(C)c([N+](=O)[O-])c2)cc1OC. The lowest BCUT2D eigenvalue weighted by molar-refractivity contribution is -0.385. The number of nitro groups is 1. The van der Waals surface area contributed by atoms with Crippen molar-refractivity contribution < 1.29 is 23.9 Å². The largest absolute Gasteiger partial charge is 0.493 e. The lowest BCUT2D eigenvalue weighted by Gasteiger charge is -2.12.